The molecule has 0 unspecified atom stereocenters. The van der Waals surface area contributed by atoms with E-state index in [1.165, 1.54) is 12.8 Å². The van der Waals surface area contributed by atoms with Crippen LogP contribution in [0, 0.1) is 0 Å². The molecule has 1 aromatic rings. The molecular formula is C13H23N3O2. The van der Waals surface area contributed by atoms with Crippen LogP contribution in [-0.4, -0.2) is 23.8 Å². The summed E-state index contributed by atoms with van der Waals surface area (Å²) in [5, 5.41) is 4.10. The smallest absolute Gasteiger partial charge is 0.226 e. The zero-order valence-electron chi connectivity index (χ0n) is 11.2. The number of methoxy groups -OCH3 is 1. The Labute approximate surface area is 108 Å². The van der Waals surface area contributed by atoms with Gasteiger partial charge in [0.15, 0.2) is 0 Å². The summed E-state index contributed by atoms with van der Waals surface area (Å²) in [7, 11) is 1.74. The highest BCUT2D eigenvalue weighted by Crippen LogP contribution is 2.40. The molecule has 0 amide bonds. The van der Waals surface area contributed by atoms with Crippen molar-refractivity contribution in [2.75, 3.05) is 13.7 Å². The Balaban J connectivity index is 1.92. The van der Waals surface area contributed by atoms with Gasteiger partial charge in [-0.05, 0) is 45.1 Å². The predicted octanol–water partition coefficient (Wildman–Crippen LogP) is 2.16. The van der Waals surface area contributed by atoms with Crippen molar-refractivity contribution >= 4 is 0 Å². The summed E-state index contributed by atoms with van der Waals surface area (Å²) in [5.41, 5.74) is 5.17. The highest BCUT2D eigenvalue weighted by molar-refractivity contribution is 5.04. The van der Waals surface area contributed by atoms with Crippen LogP contribution in [0.2, 0.25) is 0 Å². The minimum Gasteiger partial charge on any atom is -0.370 e. The molecule has 102 valence electrons. The number of aryl methyl sites for hydroxylation is 1. The first-order valence-electron chi connectivity index (χ1n) is 6.89. The first kappa shape index (κ1) is 13.5. The van der Waals surface area contributed by atoms with Gasteiger partial charge in [0.05, 0.1) is 0 Å². The molecule has 0 atom stereocenters. The third-order valence-corrected chi connectivity index (χ3v) is 3.77. The maximum absolute atomic E-state index is 5.64. The van der Waals surface area contributed by atoms with Crippen LogP contribution in [0.25, 0.3) is 0 Å². The van der Waals surface area contributed by atoms with Crippen LogP contribution in [-0.2, 0) is 16.8 Å². The van der Waals surface area contributed by atoms with Crippen molar-refractivity contribution in [3.63, 3.8) is 0 Å². The molecule has 1 fully saturated rings. The Bertz CT molecular complexity index is 359. The number of unbranched alkanes of at least 4 members (excludes halogenated alkanes) is 2. The predicted molar refractivity (Wildman–Crippen MR) is 68.1 cm³/mol. The largest absolute Gasteiger partial charge is 0.370 e. The summed E-state index contributed by atoms with van der Waals surface area (Å²) in [6.45, 7) is 0.752. The second kappa shape index (κ2) is 6.29. The number of ether oxygens (including phenoxy) is 1. The number of rotatable bonds is 7. The molecule has 1 saturated carbocycles. The highest BCUT2D eigenvalue weighted by atomic mass is 16.5. The van der Waals surface area contributed by atoms with Crippen LogP contribution in [0.5, 0.6) is 0 Å². The Morgan fingerprint density at radius 2 is 2.06 bits per heavy atom. The summed E-state index contributed by atoms with van der Waals surface area (Å²) in [5.74, 6) is 1.46. The van der Waals surface area contributed by atoms with Crippen molar-refractivity contribution in [3.8, 4) is 0 Å². The molecule has 1 heterocycles. The molecule has 18 heavy (non-hydrogen) atoms. The molecule has 2 rings (SSSR count). The minimum absolute atomic E-state index is 0.293. The average molecular weight is 253 g/mol. The molecule has 0 saturated heterocycles. The van der Waals surface area contributed by atoms with E-state index in [9.17, 15) is 0 Å². The molecule has 0 spiro atoms. The average Bonchev–Trinajstić information content (AvgIpc) is 3.04. The number of nitrogens with two attached hydrogens (primary N) is 1. The van der Waals surface area contributed by atoms with Crippen LogP contribution in [0.4, 0.5) is 0 Å². The van der Waals surface area contributed by atoms with E-state index in [2.05, 4.69) is 10.1 Å². The van der Waals surface area contributed by atoms with Gasteiger partial charge >= 0.3 is 0 Å². The summed E-state index contributed by atoms with van der Waals surface area (Å²) < 4.78 is 11.0. The van der Waals surface area contributed by atoms with Crippen molar-refractivity contribution < 1.29 is 9.26 Å². The monoisotopic (exact) mass is 253 g/mol. The molecule has 0 aliphatic heterocycles. The van der Waals surface area contributed by atoms with Crippen LogP contribution >= 0.6 is 0 Å². The second-order valence-corrected chi connectivity index (χ2v) is 5.02. The lowest BCUT2D eigenvalue weighted by atomic mass is 10.0. The lowest BCUT2D eigenvalue weighted by Gasteiger charge is -2.22. The van der Waals surface area contributed by atoms with E-state index in [-0.39, 0.29) is 5.60 Å². The van der Waals surface area contributed by atoms with Crippen molar-refractivity contribution in [2.24, 2.45) is 5.73 Å². The van der Waals surface area contributed by atoms with E-state index < -0.39 is 0 Å². The van der Waals surface area contributed by atoms with Crippen LogP contribution in [0.1, 0.15) is 56.7 Å². The summed E-state index contributed by atoms with van der Waals surface area (Å²) in [6.07, 6.45) is 8.41. The lowest BCUT2D eigenvalue weighted by Crippen LogP contribution is -2.26. The fourth-order valence-electron chi connectivity index (χ4n) is 2.60. The van der Waals surface area contributed by atoms with E-state index in [0.717, 1.165) is 56.8 Å². The van der Waals surface area contributed by atoms with Crippen LogP contribution in [0.3, 0.4) is 0 Å². The zero-order valence-corrected chi connectivity index (χ0v) is 11.2. The quantitative estimate of drug-likeness (QED) is 0.754. The van der Waals surface area contributed by atoms with Gasteiger partial charge in [-0.25, -0.2) is 0 Å². The summed E-state index contributed by atoms with van der Waals surface area (Å²) >= 11 is 0. The number of aromatic nitrogens is 2. The number of hydrogen-bond donors (Lipinski definition) is 1. The molecule has 2 N–H and O–H groups in total. The van der Waals surface area contributed by atoms with Gasteiger partial charge in [0.25, 0.3) is 0 Å². The molecule has 1 aliphatic carbocycles. The Kier molecular flexibility index (Phi) is 4.72. The van der Waals surface area contributed by atoms with Gasteiger partial charge in [-0.1, -0.05) is 11.6 Å². The molecule has 5 nitrogen and oxygen atoms in total. The fraction of sp³-hybridized carbons (Fsp3) is 0.846. The maximum Gasteiger partial charge on any atom is 0.226 e. The fourth-order valence-corrected chi connectivity index (χ4v) is 2.60. The molecule has 1 aromatic heterocycles. The minimum atomic E-state index is -0.293. The second-order valence-electron chi connectivity index (χ2n) is 5.02. The molecule has 0 aromatic carbocycles. The molecule has 0 bridgehead atoms. The van der Waals surface area contributed by atoms with Gasteiger partial charge < -0.3 is 15.0 Å². The van der Waals surface area contributed by atoms with Crippen molar-refractivity contribution in [1.82, 2.24) is 10.1 Å². The van der Waals surface area contributed by atoms with E-state index in [4.69, 9.17) is 15.0 Å². The SMILES string of the molecule is COC1(c2noc(CCCCCN)n2)CCCC1. The van der Waals surface area contributed by atoms with E-state index >= 15 is 0 Å². The van der Waals surface area contributed by atoms with Crippen LogP contribution in [0.15, 0.2) is 4.52 Å². The van der Waals surface area contributed by atoms with E-state index in [0.29, 0.717) is 0 Å². The van der Waals surface area contributed by atoms with Gasteiger partial charge in [-0.3, -0.25) is 0 Å². The molecule has 1 aliphatic rings. The highest BCUT2D eigenvalue weighted by Gasteiger charge is 2.40. The van der Waals surface area contributed by atoms with Crippen molar-refractivity contribution in [2.45, 2.75) is 57.0 Å². The molecule has 5 heteroatoms. The van der Waals surface area contributed by atoms with Crippen molar-refractivity contribution in [1.29, 1.82) is 0 Å². The summed E-state index contributed by atoms with van der Waals surface area (Å²) in [4.78, 5) is 4.50. The molecule has 0 radical (unpaired) electrons. The molecular weight excluding hydrogens is 230 g/mol. The van der Waals surface area contributed by atoms with Gasteiger partial charge in [0, 0.05) is 13.5 Å². The van der Waals surface area contributed by atoms with Gasteiger partial charge in [0.2, 0.25) is 11.7 Å². The van der Waals surface area contributed by atoms with Gasteiger partial charge in [-0.2, -0.15) is 4.98 Å². The van der Waals surface area contributed by atoms with E-state index in [1.807, 2.05) is 0 Å². The third-order valence-electron chi connectivity index (χ3n) is 3.77. The normalized spacial score (nSPS) is 18.3. The Morgan fingerprint density at radius 3 is 2.72 bits per heavy atom. The topological polar surface area (TPSA) is 74.2 Å². The van der Waals surface area contributed by atoms with Crippen LogP contribution < -0.4 is 5.73 Å². The third kappa shape index (κ3) is 2.90. The Hall–Kier alpha value is -0.940. The van der Waals surface area contributed by atoms with Gasteiger partial charge in [0.1, 0.15) is 5.60 Å². The zero-order chi connectivity index (χ0) is 12.8. The van der Waals surface area contributed by atoms with Gasteiger partial charge in [-0.15, -0.1) is 0 Å². The maximum atomic E-state index is 5.64. The lowest BCUT2D eigenvalue weighted by molar-refractivity contribution is -0.0178. The van der Waals surface area contributed by atoms with E-state index in [1.54, 1.807) is 7.11 Å². The summed E-state index contributed by atoms with van der Waals surface area (Å²) in [6, 6.07) is 0. The first-order valence-corrected chi connectivity index (χ1v) is 6.89. The standard InChI is InChI=1S/C13H23N3O2/c1-17-13(8-4-5-9-13)12-15-11(18-16-12)7-3-2-6-10-14/h2-10,14H2,1H3. The number of nitrogens with zero attached hydrogens (tertiary/aromatic N) is 2. The van der Waals surface area contributed by atoms with Crippen molar-refractivity contribution in [3.05, 3.63) is 11.7 Å². The first-order chi connectivity index (χ1) is 8.80. The Morgan fingerprint density at radius 1 is 1.28 bits per heavy atom. The number of hydrogen-bond acceptors (Lipinski definition) is 5.